The second-order valence-electron chi connectivity index (χ2n) is 6.23. The second kappa shape index (κ2) is 6.73. The summed E-state index contributed by atoms with van der Waals surface area (Å²) in [5, 5.41) is 9.02. The van der Waals surface area contributed by atoms with Crippen LogP contribution in [0.2, 0.25) is 0 Å². The predicted octanol–water partition coefficient (Wildman–Crippen LogP) is 1.24. The highest BCUT2D eigenvalue weighted by Crippen LogP contribution is 2.37. The van der Waals surface area contributed by atoms with Crippen molar-refractivity contribution in [2.75, 3.05) is 23.9 Å². The fourth-order valence-corrected chi connectivity index (χ4v) is 3.99. The van der Waals surface area contributed by atoms with E-state index in [1.807, 2.05) is 0 Å². The second-order valence-corrected chi connectivity index (χ2v) is 7.76. The van der Waals surface area contributed by atoms with Crippen molar-refractivity contribution in [3.05, 3.63) is 48.2 Å². The molecule has 28 heavy (non-hydrogen) atoms. The molecule has 9 nitrogen and oxygen atoms in total. The number of carbonyl (C=O) groups is 1. The minimum Gasteiger partial charge on any atom is -0.481 e. The number of fused-ring (bicyclic) bond motifs is 3. The number of amides is 1. The van der Waals surface area contributed by atoms with E-state index in [2.05, 4.69) is 15.3 Å². The molecule has 0 bridgehead atoms. The molecule has 0 unspecified atom stereocenters. The molecule has 1 aliphatic rings. The first-order chi connectivity index (χ1) is 13.4. The third kappa shape index (κ3) is 3.12. The van der Waals surface area contributed by atoms with Crippen LogP contribution in [0.3, 0.4) is 0 Å². The molecule has 1 aromatic carbocycles. The number of sulfonamides is 1. The maximum atomic E-state index is 12.7. The Bertz CT molecular complexity index is 1200. The third-order valence-corrected chi connectivity index (χ3v) is 5.50. The summed E-state index contributed by atoms with van der Waals surface area (Å²) in [5.74, 6) is 0.196. The molecular formula is C18H17N5O4S. The van der Waals surface area contributed by atoms with E-state index >= 15 is 0 Å². The number of methoxy groups -OCH3 is 1. The quantitative estimate of drug-likeness (QED) is 0.676. The van der Waals surface area contributed by atoms with Gasteiger partial charge in [0, 0.05) is 11.5 Å². The van der Waals surface area contributed by atoms with Gasteiger partial charge in [-0.2, -0.15) is 4.98 Å². The van der Waals surface area contributed by atoms with Crippen molar-refractivity contribution in [3.63, 3.8) is 0 Å². The van der Waals surface area contributed by atoms with Gasteiger partial charge >= 0.3 is 0 Å². The van der Waals surface area contributed by atoms with Crippen molar-refractivity contribution < 1.29 is 17.9 Å². The number of anilines is 2. The number of nitrogens with two attached hydrogens (primary N) is 1. The van der Waals surface area contributed by atoms with Gasteiger partial charge in [0.15, 0.2) is 5.65 Å². The Balaban J connectivity index is 1.87. The molecule has 1 aliphatic heterocycles. The highest BCUT2D eigenvalue weighted by atomic mass is 32.2. The van der Waals surface area contributed by atoms with E-state index < -0.39 is 10.0 Å². The number of nitrogens with one attached hydrogen (secondary N) is 1. The Morgan fingerprint density at radius 2 is 2.04 bits per heavy atom. The van der Waals surface area contributed by atoms with E-state index in [4.69, 9.17) is 9.88 Å². The summed E-state index contributed by atoms with van der Waals surface area (Å²) in [4.78, 5) is 22.8. The Morgan fingerprint density at radius 1 is 1.25 bits per heavy atom. The lowest BCUT2D eigenvalue weighted by atomic mass is 10.1. The summed E-state index contributed by atoms with van der Waals surface area (Å²) < 4.78 is 29.0. The molecule has 3 heterocycles. The standard InChI is InChI=1S/C18H17N5O4S/c1-27-15-7-6-12-17-13(8-21-18(12)22-15)20-9-16(24)23(17)10-11-4-2-3-5-14(11)28(19,25)26/h2-8,20H,9-10H2,1H3,(H2,19,25,26). The first kappa shape index (κ1) is 18.1. The molecule has 2 aromatic heterocycles. The Morgan fingerprint density at radius 3 is 2.79 bits per heavy atom. The first-order valence-corrected chi connectivity index (χ1v) is 9.92. The van der Waals surface area contributed by atoms with Crippen molar-refractivity contribution in [1.82, 2.24) is 9.97 Å². The summed E-state index contributed by atoms with van der Waals surface area (Å²) >= 11 is 0. The number of primary sulfonamides is 1. The molecule has 0 fully saturated rings. The normalized spacial score (nSPS) is 13.9. The molecule has 3 N–H and O–H groups in total. The summed E-state index contributed by atoms with van der Waals surface area (Å²) in [7, 11) is -2.42. The van der Waals surface area contributed by atoms with Gasteiger partial charge in [-0.25, -0.2) is 18.5 Å². The lowest BCUT2D eigenvalue weighted by molar-refractivity contribution is -0.117. The predicted molar refractivity (Wildman–Crippen MR) is 104 cm³/mol. The lowest BCUT2D eigenvalue weighted by Gasteiger charge is -2.31. The van der Waals surface area contributed by atoms with Crippen LogP contribution in [0.25, 0.3) is 11.0 Å². The molecule has 0 saturated heterocycles. The summed E-state index contributed by atoms with van der Waals surface area (Å²) in [6.07, 6.45) is 1.59. The molecule has 4 rings (SSSR count). The van der Waals surface area contributed by atoms with Crippen LogP contribution in [0.4, 0.5) is 11.4 Å². The van der Waals surface area contributed by atoms with Gasteiger partial charge in [-0.3, -0.25) is 4.79 Å². The van der Waals surface area contributed by atoms with Crippen LogP contribution < -0.4 is 20.1 Å². The minimum absolute atomic E-state index is 0.0129. The van der Waals surface area contributed by atoms with Gasteiger partial charge in [-0.15, -0.1) is 0 Å². The Hall–Kier alpha value is -3.24. The van der Waals surface area contributed by atoms with Crippen molar-refractivity contribution in [1.29, 1.82) is 0 Å². The van der Waals surface area contributed by atoms with E-state index in [-0.39, 0.29) is 23.9 Å². The number of carbonyl (C=O) groups excluding carboxylic acids is 1. The van der Waals surface area contributed by atoms with Crippen molar-refractivity contribution in [2.24, 2.45) is 5.14 Å². The lowest BCUT2D eigenvalue weighted by Crippen LogP contribution is -2.40. The van der Waals surface area contributed by atoms with Crippen LogP contribution in [-0.2, 0) is 21.4 Å². The zero-order valence-electron chi connectivity index (χ0n) is 14.9. The van der Waals surface area contributed by atoms with Crippen molar-refractivity contribution >= 4 is 38.3 Å². The van der Waals surface area contributed by atoms with Gasteiger partial charge < -0.3 is 15.0 Å². The van der Waals surface area contributed by atoms with Crippen molar-refractivity contribution in [3.8, 4) is 5.88 Å². The highest BCUT2D eigenvalue weighted by molar-refractivity contribution is 7.89. The van der Waals surface area contributed by atoms with Crippen LogP contribution >= 0.6 is 0 Å². The average molecular weight is 399 g/mol. The molecule has 0 saturated carbocycles. The molecular weight excluding hydrogens is 382 g/mol. The maximum absolute atomic E-state index is 12.7. The maximum Gasteiger partial charge on any atom is 0.246 e. The fraction of sp³-hybridized carbons (Fsp3) is 0.167. The fourth-order valence-electron chi connectivity index (χ4n) is 3.22. The van der Waals surface area contributed by atoms with E-state index in [0.29, 0.717) is 33.9 Å². The summed E-state index contributed by atoms with van der Waals surface area (Å²) in [6.45, 7) is 0.118. The van der Waals surface area contributed by atoms with E-state index in [0.717, 1.165) is 0 Å². The van der Waals surface area contributed by atoms with Gasteiger partial charge in [-0.1, -0.05) is 18.2 Å². The van der Waals surface area contributed by atoms with Crippen LogP contribution in [0.1, 0.15) is 5.56 Å². The molecule has 0 radical (unpaired) electrons. The van der Waals surface area contributed by atoms with Gasteiger partial charge in [0.2, 0.25) is 21.8 Å². The zero-order valence-corrected chi connectivity index (χ0v) is 15.7. The number of hydrogen-bond acceptors (Lipinski definition) is 7. The van der Waals surface area contributed by atoms with Crippen LogP contribution in [0.15, 0.2) is 47.5 Å². The number of hydrogen-bond donors (Lipinski definition) is 2. The Kier molecular flexibility index (Phi) is 4.36. The number of nitrogens with zero attached hydrogens (tertiary/aromatic N) is 3. The molecule has 144 valence electrons. The number of aromatic nitrogens is 2. The number of benzene rings is 1. The zero-order chi connectivity index (χ0) is 19.9. The topological polar surface area (TPSA) is 128 Å². The minimum atomic E-state index is -3.93. The summed E-state index contributed by atoms with van der Waals surface area (Å²) in [5.41, 5.74) is 2.09. The van der Waals surface area contributed by atoms with Crippen molar-refractivity contribution in [2.45, 2.75) is 11.4 Å². The molecule has 1 amide bonds. The largest absolute Gasteiger partial charge is 0.481 e. The SMILES string of the molecule is COc1ccc2c3c(cnc2n1)NCC(=O)N3Cc1ccccc1S(N)(=O)=O. The van der Waals surface area contributed by atoms with E-state index in [1.54, 1.807) is 36.5 Å². The van der Waals surface area contributed by atoms with Gasteiger partial charge in [-0.05, 0) is 17.7 Å². The molecule has 3 aromatic rings. The smallest absolute Gasteiger partial charge is 0.246 e. The van der Waals surface area contributed by atoms with Crippen LogP contribution in [-0.4, -0.2) is 37.9 Å². The highest BCUT2D eigenvalue weighted by Gasteiger charge is 2.28. The van der Waals surface area contributed by atoms with E-state index in [9.17, 15) is 13.2 Å². The molecule has 0 atom stereocenters. The van der Waals surface area contributed by atoms with Crippen LogP contribution in [0.5, 0.6) is 5.88 Å². The Labute approximate surface area is 161 Å². The van der Waals surface area contributed by atoms with Gasteiger partial charge in [0.25, 0.3) is 0 Å². The van der Waals surface area contributed by atoms with Gasteiger partial charge in [0.1, 0.15) is 0 Å². The van der Waals surface area contributed by atoms with Crippen LogP contribution in [0, 0.1) is 0 Å². The van der Waals surface area contributed by atoms with Gasteiger partial charge in [0.05, 0.1) is 42.7 Å². The molecule has 10 heteroatoms. The number of ether oxygens (including phenoxy) is 1. The molecule has 0 aliphatic carbocycles. The first-order valence-electron chi connectivity index (χ1n) is 8.37. The van der Waals surface area contributed by atoms with E-state index in [1.165, 1.54) is 18.1 Å². The average Bonchev–Trinajstić information content (AvgIpc) is 2.68. The third-order valence-electron chi connectivity index (χ3n) is 4.49. The number of rotatable bonds is 4. The monoisotopic (exact) mass is 399 g/mol. The number of pyridine rings is 2. The molecule has 0 spiro atoms. The summed E-state index contributed by atoms with van der Waals surface area (Å²) in [6, 6.07) is 9.81.